The summed E-state index contributed by atoms with van der Waals surface area (Å²) < 4.78 is 38.2. The second-order valence-corrected chi connectivity index (χ2v) is 5.91. The van der Waals surface area contributed by atoms with Gasteiger partial charge in [-0.2, -0.15) is 18.4 Å². The van der Waals surface area contributed by atoms with Crippen molar-refractivity contribution in [2.45, 2.75) is 25.1 Å². The number of halogens is 3. The summed E-state index contributed by atoms with van der Waals surface area (Å²) in [7, 11) is 0. The average molecular weight is 375 g/mol. The lowest BCUT2D eigenvalue weighted by atomic mass is 10.0. The van der Waals surface area contributed by atoms with Gasteiger partial charge in [-0.3, -0.25) is 9.59 Å². The average Bonchev–Trinajstić information content (AvgIpc) is 2.61. The number of amides is 2. The van der Waals surface area contributed by atoms with Crippen molar-refractivity contribution in [3.05, 3.63) is 70.8 Å². The van der Waals surface area contributed by atoms with E-state index in [2.05, 4.69) is 5.32 Å². The fourth-order valence-electron chi connectivity index (χ4n) is 2.46. The van der Waals surface area contributed by atoms with Gasteiger partial charge in [0.25, 0.3) is 0 Å². The number of nitrogens with one attached hydrogen (secondary N) is 1. The number of rotatable bonds is 6. The predicted octanol–water partition coefficient (Wildman–Crippen LogP) is 2.33. The molecule has 0 fully saturated rings. The van der Waals surface area contributed by atoms with Crippen LogP contribution >= 0.6 is 0 Å². The lowest BCUT2D eigenvalue weighted by Gasteiger charge is -2.16. The van der Waals surface area contributed by atoms with Crippen LogP contribution < -0.4 is 11.1 Å². The van der Waals surface area contributed by atoms with Gasteiger partial charge < -0.3 is 11.1 Å². The monoisotopic (exact) mass is 375 g/mol. The molecule has 0 aliphatic heterocycles. The van der Waals surface area contributed by atoms with Gasteiger partial charge in [0, 0.05) is 6.42 Å². The Bertz CT molecular complexity index is 871. The molecule has 0 unspecified atom stereocenters. The van der Waals surface area contributed by atoms with Crippen LogP contribution in [-0.4, -0.2) is 17.9 Å². The van der Waals surface area contributed by atoms with Crippen LogP contribution in [0, 0.1) is 11.3 Å². The van der Waals surface area contributed by atoms with E-state index in [4.69, 9.17) is 11.0 Å². The summed E-state index contributed by atoms with van der Waals surface area (Å²) in [5.74, 6) is -1.39. The molecule has 5 nitrogen and oxygen atoms in total. The van der Waals surface area contributed by atoms with Crippen molar-refractivity contribution < 1.29 is 22.8 Å². The van der Waals surface area contributed by atoms with Crippen molar-refractivity contribution >= 4 is 11.8 Å². The van der Waals surface area contributed by atoms with Crippen LogP contribution in [0.1, 0.15) is 22.3 Å². The summed E-state index contributed by atoms with van der Waals surface area (Å²) in [4.78, 5) is 23.7. The molecule has 2 aromatic carbocycles. The molecule has 2 rings (SSSR count). The molecule has 0 radical (unpaired) electrons. The van der Waals surface area contributed by atoms with Crippen molar-refractivity contribution in [3.8, 4) is 6.07 Å². The van der Waals surface area contributed by atoms with Crippen molar-refractivity contribution in [2.24, 2.45) is 5.73 Å². The Morgan fingerprint density at radius 1 is 1.11 bits per heavy atom. The minimum Gasteiger partial charge on any atom is -0.368 e. The first-order valence-corrected chi connectivity index (χ1v) is 7.93. The highest BCUT2D eigenvalue weighted by Crippen LogP contribution is 2.29. The molecular formula is C19H16F3N3O2. The van der Waals surface area contributed by atoms with Gasteiger partial charge in [0.15, 0.2) is 0 Å². The smallest absolute Gasteiger partial charge is 0.368 e. The Balaban J connectivity index is 2.04. The molecule has 0 saturated heterocycles. The molecule has 0 spiro atoms. The number of nitriles is 1. The van der Waals surface area contributed by atoms with Crippen molar-refractivity contribution in [2.75, 3.05) is 0 Å². The van der Waals surface area contributed by atoms with Crippen LogP contribution in [0.15, 0.2) is 48.5 Å². The van der Waals surface area contributed by atoms with Gasteiger partial charge in [-0.25, -0.2) is 0 Å². The Morgan fingerprint density at radius 2 is 1.78 bits per heavy atom. The maximum Gasteiger partial charge on any atom is 0.416 e. The standard InChI is InChI=1S/C19H16F3N3O2/c20-19(21,22)15-3-1-2-14(8-15)10-17(26)25-16(18(24)27)9-12-4-6-13(11-23)7-5-12/h1-8,16H,9-10H2,(H2,24,27)(H,25,26)/t16-/m0/s1. The SMILES string of the molecule is N#Cc1ccc(C[C@H](NC(=O)Cc2cccc(C(F)(F)F)c2)C(N)=O)cc1. The highest BCUT2D eigenvalue weighted by atomic mass is 19.4. The van der Waals surface area contributed by atoms with Crippen LogP contribution in [0.3, 0.4) is 0 Å². The van der Waals surface area contributed by atoms with Crippen molar-refractivity contribution in [3.63, 3.8) is 0 Å². The molecule has 0 aromatic heterocycles. The number of benzene rings is 2. The van der Waals surface area contributed by atoms with Crippen LogP contribution in [0.2, 0.25) is 0 Å². The van der Waals surface area contributed by atoms with Gasteiger partial charge in [0.1, 0.15) is 6.04 Å². The maximum absolute atomic E-state index is 12.7. The third-order valence-corrected chi connectivity index (χ3v) is 3.82. The number of nitrogens with zero attached hydrogens (tertiary/aromatic N) is 1. The molecule has 27 heavy (non-hydrogen) atoms. The number of carbonyl (C=O) groups excluding carboxylic acids is 2. The lowest BCUT2D eigenvalue weighted by molar-refractivity contribution is -0.137. The molecule has 1 atom stereocenters. The van der Waals surface area contributed by atoms with E-state index in [9.17, 15) is 22.8 Å². The molecular weight excluding hydrogens is 359 g/mol. The molecule has 0 aliphatic rings. The molecule has 8 heteroatoms. The van der Waals surface area contributed by atoms with E-state index < -0.39 is 29.6 Å². The molecule has 0 bridgehead atoms. The van der Waals surface area contributed by atoms with Gasteiger partial charge in [-0.1, -0.05) is 30.3 Å². The Morgan fingerprint density at radius 3 is 2.33 bits per heavy atom. The third-order valence-electron chi connectivity index (χ3n) is 3.82. The van der Waals surface area contributed by atoms with E-state index >= 15 is 0 Å². The zero-order chi connectivity index (χ0) is 20.0. The summed E-state index contributed by atoms with van der Waals surface area (Å²) in [6.07, 6.45) is -4.71. The summed E-state index contributed by atoms with van der Waals surface area (Å²) in [6.45, 7) is 0. The van der Waals surface area contributed by atoms with Crippen LogP contribution in [0.25, 0.3) is 0 Å². The Labute approximate surface area is 153 Å². The number of nitrogens with two attached hydrogens (primary N) is 1. The molecule has 2 aromatic rings. The number of primary amides is 1. The number of carbonyl (C=O) groups is 2. The number of hydrogen-bond donors (Lipinski definition) is 2. The van der Waals surface area contributed by atoms with E-state index in [1.807, 2.05) is 6.07 Å². The van der Waals surface area contributed by atoms with Crippen molar-refractivity contribution in [1.29, 1.82) is 5.26 Å². The van der Waals surface area contributed by atoms with E-state index in [0.29, 0.717) is 11.1 Å². The Kier molecular flexibility index (Phi) is 6.19. The molecule has 0 aliphatic carbocycles. The predicted molar refractivity (Wildman–Crippen MR) is 91.1 cm³/mol. The molecule has 140 valence electrons. The maximum atomic E-state index is 12.7. The van der Waals surface area contributed by atoms with E-state index in [1.54, 1.807) is 24.3 Å². The second-order valence-electron chi connectivity index (χ2n) is 5.91. The van der Waals surface area contributed by atoms with Gasteiger partial charge in [0.05, 0.1) is 23.6 Å². The Hall–Kier alpha value is -3.34. The molecule has 0 heterocycles. The van der Waals surface area contributed by atoms with E-state index in [0.717, 1.165) is 12.1 Å². The molecule has 3 N–H and O–H groups in total. The highest BCUT2D eigenvalue weighted by Gasteiger charge is 2.30. The van der Waals surface area contributed by atoms with Crippen molar-refractivity contribution in [1.82, 2.24) is 5.32 Å². The van der Waals surface area contributed by atoms with E-state index in [1.165, 1.54) is 12.1 Å². The first kappa shape index (κ1) is 20.0. The summed E-state index contributed by atoms with van der Waals surface area (Å²) in [6, 6.07) is 11.8. The van der Waals surface area contributed by atoms with Crippen LogP contribution in [-0.2, 0) is 28.6 Å². The lowest BCUT2D eigenvalue weighted by Crippen LogP contribution is -2.46. The minimum absolute atomic E-state index is 0.107. The number of alkyl halides is 3. The van der Waals surface area contributed by atoms with Crippen LogP contribution in [0.4, 0.5) is 13.2 Å². The zero-order valence-electron chi connectivity index (χ0n) is 14.1. The quantitative estimate of drug-likeness (QED) is 0.811. The number of hydrogen-bond acceptors (Lipinski definition) is 3. The van der Waals surface area contributed by atoms with Gasteiger partial charge in [0.2, 0.25) is 11.8 Å². The zero-order valence-corrected chi connectivity index (χ0v) is 14.1. The summed E-state index contributed by atoms with van der Waals surface area (Å²) in [5, 5.41) is 11.2. The summed E-state index contributed by atoms with van der Waals surface area (Å²) >= 11 is 0. The fraction of sp³-hybridized carbons (Fsp3) is 0.211. The van der Waals surface area contributed by atoms with E-state index in [-0.39, 0.29) is 18.4 Å². The normalized spacial score (nSPS) is 12.1. The largest absolute Gasteiger partial charge is 0.416 e. The highest BCUT2D eigenvalue weighted by molar-refractivity contribution is 5.87. The topological polar surface area (TPSA) is 96.0 Å². The molecule has 2 amide bonds. The summed E-state index contributed by atoms with van der Waals surface area (Å²) in [5.41, 5.74) is 5.75. The fourth-order valence-corrected chi connectivity index (χ4v) is 2.46. The first-order chi connectivity index (χ1) is 12.7. The van der Waals surface area contributed by atoms with Gasteiger partial charge >= 0.3 is 6.18 Å². The van der Waals surface area contributed by atoms with Crippen LogP contribution in [0.5, 0.6) is 0 Å². The molecule has 0 saturated carbocycles. The second kappa shape index (κ2) is 8.36. The van der Waals surface area contributed by atoms with Gasteiger partial charge in [-0.05, 0) is 29.3 Å². The van der Waals surface area contributed by atoms with Gasteiger partial charge in [-0.15, -0.1) is 0 Å². The first-order valence-electron chi connectivity index (χ1n) is 7.93. The minimum atomic E-state index is -4.50. The third kappa shape index (κ3) is 5.85.